The van der Waals surface area contributed by atoms with Gasteiger partial charge in [0.15, 0.2) is 12.3 Å². The number of benzene rings is 2. The maximum absolute atomic E-state index is 14.3. The van der Waals surface area contributed by atoms with Gasteiger partial charge in [-0.2, -0.15) is 5.26 Å². The quantitative estimate of drug-likeness (QED) is 0.310. The number of alkyl halides is 2. The van der Waals surface area contributed by atoms with Crippen LogP contribution < -0.4 is 9.47 Å². The van der Waals surface area contributed by atoms with Crippen LogP contribution in [-0.4, -0.2) is 42.7 Å². The van der Waals surface area contributed by atoms with Gasteiger partial charge in [0.25, 0.3) is 0 Å². The van der Waals surface area contributed by atoms with Crippen LogP contribution in [0.1, 0.15) is 30.5 Å². The van der Waals surface area contributed by atoms with Gasteiger partial charge < -0.3 is 19.3 Å². The Labute approximate surface area is 195 Å². The standard InChI is InChI=1S/C23H25FINO5/c1-15(2)31-22(23(27)28)10-16-4-3-5-20(9-16)29-13-19(24)14-30-21-7-6-17(11-25)8-18(21)12-26/h3-9,15,19,22H,10-11,13-14H2,1-2H3,(H,27,28)/t19-,22-/m0/s1. The van der Waals surface area contributed by atoms with E-state index in [1.165, 1.54) is 0 Å². The zero-order valence-corrected chi connectivity index (χ0v) is 19.5. The lowest BCUT2D eigenvalue weighted by atomic mass is 10.1. The van der Waals surface area contributed by atoms with Gasteiger partial charge in [-0.15, -0.1) is 0 Å². The van der Waals surface area contributed by atoms with Gasteiger partial charge in [-0.05, 0) is 49.2 Å². The molecule has 166 valence electrons. The second-order valence-electron chi connectivity index (χ2n) is 7.16. The number of ether oxygens (including phenoxy) is 3. The van der Waals surface area contributed by atoms with E-state index in [1.54, 1.807) is 50.2 Å². The molecule has 8 heteroatoms. The van der Waals surface area contributed by atoms with Crippen LogP contribution >= 0.6 is 22.6 Å². The molecule has 0 spiro atoms. The summed E-state index contributed by atoms with van der Waals surface area (Å²) < 4.78 is 31.4. The third kappa shape index (κ3) is 8.34. The van der Waals surface area contributed by atoms with Gasteiger partial charge in [0.1, 0.15) is 30.8 Å². The van der Waals surface area contributed by atoms with E-state index < -0.39 is 18.2 Å². The summed E-state index contributed by atoms with van der Waals surface area (Å²) in [6.07, 6.45) is -2.41. The molecule has 0 saturated heterocycles. The van der Waals surface area contributed by atoms with Crippen molar-refractivity contribution in [2.24, 2.45) is 0 Å². The Morgan fingerprint density at radius 3 is 2.55 bits per heavy atom. The van der Waals surface area contributed by atoms with Crippen LogP contribution in [0.2, 0.25) is 0 Å². The molecule has 0 radical (unpaired) electrons. The zero-order chi connectivity index (χ0) is 22.8. The summed E-state index contributed by atoms with van der Waals surface area (Å²) >= 11 is 2.20. The van der Waals surface area contributed by atoms with Crippen LogP contribution in [0.3, 0.4) is 0 Å². The highest BCUT2D eigenvalue weighted by atomic mass is 127. The molecule has 2 rings (SSSR count). The fraction of sp³-hybridized carbons (Fsp3) is 0.391. The molecule has 31 heavy (non-hydrogen) atoms. The number of carboxylic acids is 1. The van der Waals surface area contributed by atoms with E-state index in [9.17, 15) is 19.6 Å². The summed E-state index contributed by atoms with van der Waals surface area (Å²) in [5, 5.41) is 18.5. The van der Waals surface area contributed by atoms with Crippen molar-refractivity contribution in [3.63, 3.8) is 0 Å². The van der Waals surface area contributed by atoms with E-state index in [0.717, 1.165) is 9.99 Å². The molecule has 0 bridgehead atoms. The van der Waals surface area contributed by atoms with Gasteiger partial charge in [-0.1, -0.05) is 40.8 Å². The second-order valence-corrected chi connectivity index (χ2v) is 7.92. The molecule has 0 aliphatic carbocycles. The lowest BCUT2D eigenvalue weighted by molar-refractivity contribution is -0.153. The summed E-state index contributed by atoms with van der Waals surface area (Å²) in [6, 6.07) is 14.1. The number of hydrogen-bond donors (Lipinski definition) is 1. The summed E-state index contributed by atoms with van der Waals surface area (Å²) in [6.45, 7) is 3.07. The maximum atomic E-state index is 14.3. The predicted molar refractivity (Wildman–Crippen MR) is 123 cm³/mol. The highest BCUT2D eigenvalue weighted by Crippen LogP contribution is 2.22. The van der Waals surface area contributed by atoms with Crippen molar-refractivity contribution in [2.45, 2.75) is 43.1 Å². The van der Waals surface area contributed by atoms with E-state index in [-0.39, 0.29) is 25.7 Å². The lowest BCUT2D eigenvalue weighted by Gasteiger charge is -2.17. The smallest absolute Gasteiger partial charge is 0.333 e. The van der Waals surface area contributed by atoms with Gasteiger partial charge in [0.05, 0.1) is 11.7 Å². The topological polar surface area (TPSA) is 88.8 Å². The van der Waals surface area contributed by atoms with Crippen LogP contribution in [-0.2, 0) is 20.4 Å². The molecular weight excluding hydrogens is 516 g/mol. The Morgan fingerprint density at radius 2 is 1.90 bits per heavy atom. The summed E-state index contributed by atoms with van der Waals surface area (Å²) in [5.74, 6) is -0.271. The maximum Gasteiger partial charge on any atom is 0.333 e. The van der Waals surface area contributed by atoms with Crippen molar-refractivity contribution >= 4 is 28.6 Å². The molecule has 1 N–H and O–H groups in total. The Morgan fingerprint density at radius 1 is 1.16 bits per heavy atom. The van der Waals surface area contributed by atoms with Crippen LogP contribution in [0.5, 0.6) is 11.5 Å². The molecule has 0 aliphatic rings. The average molecular weight is 541 g/mol. The monoisotopic (exact) mass is 541 g/mol. The number of nitriles is 1. The highest BCUT2D eigenvalue weighted by molar-refractivity contribution is 14.1. The lowest BCUT2D eigenvalue weighted by Crippen LogP contribution is -2.29. The summed E-state index contributed by atoms with van der Waals surface area (Å²) in [5.41, 5.74) is 2.08. The van der Waals surface area contributed by atoms with Crippen molar-refractivity contribution < 1.29 is 28.5 Å². The van der Waals surface area contributed by atoms with Crippen LogP contribution in [0.4, 0.5) is 4.39 Å². The van der Waals surface area contributed by atoms with E-state index in [2.05, 4.69) is 28.7 Å². The van der Waals surface area contributed by atoms with E-state index in [1.807, 2.05) is 6.07 Å². The summed E-state index contributed by atoms with van der Waals surface area (Å²) in [4.78, 5) is 11.4. The highest BCUT2D eigenvalue weighted by Gasteiger charge is 2.20. The molecule has 6 nitrogen and oxygen atoms in total. The fourth-order valence-corrected chi connectivity index (χ4v) is 3.26. The fourth-order valence-electron chi connectivity index (χ4n) is 2.79. The first-order valence-electron chi connectivity index (χ1n) is 9.78. The van der Waals surface area contributed by atoms with Gasteiger partial charge in [0.2, 0.25) is 0 Å². The van der Waals surface area contributed by atoms with Crippen LogP contribution in [0.25, 0.3) is 0 Å². The normalized spacial score (nSPS) is 12.8. The van der Waals surface area contributed by atoms with Gasteiger partial charge >= 0.3 is 5.97 Å². The Bertz CT molecular complexity index is 915. The number of carbonyl (C=O) groups is 1. The second kappa shape index (κ2) is 12.5. The molecular formula is C23H25FINO5. The third-order valence-corrected chi connectivity index (χ3v) is 5.08. The molecule has 2 aromatic carbocycles. The largest absolute Gasteiger partial charge is 0.490 e. The molecule has 0 amide bonds. The zero-order valence-electron chi connectivity index (χ0n) is 17.4. The van der Waals surface area contributed by atoms with Gasteiger partial charge in [0, 0.05) is 10.8 Å². The molecule has 2 atom stereocenters. The number of aliphatic carboxylic acids is 1. The van der Waals surface area contributed by atoms with Crippen molar-refractivity contribution in [3.8, 4) is 17.6 Å². The van der Waals surface area contributed by atoms with Crippen molar-refractivity contribution in [3.05, 3.63) is 59.2 Å². The van der Waals surface area contributed by atoms with E-state index >= 15 is 0 Å². The minimum Gasteiger partial charge on any atom is -0.490 e. The van der Waals surface area contributed by atoms with Crippen molar-refractivity contribution in [1.82, 2.24) is 0 Å². The first-order valence-corrected chi connectivity index (χ1v) is 11.3. The van der Waals surface area contributed by atoms with Crippen molar-refractivity contribution in [1.29, 1.82) is 5.26 Å². The number of hydrogen-bond acceptors (Lipinski definition) is 5. The Balaban J connectivity index is 1.89. The molecule has 2 aromatic rings. The molecule has 0 heterocycles. The number of nitrogens with zero attached hydrogens (tertiary/aromatic N) is 1. The van der Waals surface area contributed by atoms with E-state index in [4.69, 9.17) is 14.2 Å². The first kappa shape index (κ1) is 24.9. The Hall–Kier alpha value is -2.38. The number of halogens is 2. The summed E-state index contributed by atoms with van der Waals surface area (Å²) in [7, 11) is 0. The molecule has 0 saturated carbocycles. The molecule has 0 aromatic heterocycles. The predicted octanol–water partition coefficient (Wildman–Crippen LogP) is 4.71. The Kier molecular flexibility index (Phi) is 10.0. The minimum absolute atomic E-state index is 0.178. The number of rotatable bonds is 12. The van der Waals surface area contributed by atoms with Gasteiger partial charge in [-0.3, -0.25) is 0 Å². The minimum atomic E-state index is -1.41. The molecule has 0 aliphatic heterocycles. The van der Waals surface area contributed by atoms with Crippen LogP contribution in [0.15, 0.2) is 42.5 Å². The first-order chi connectivity index (χ1) is 14.8. The SMILES string of the molecule is CC(C)O[C@@H](Cc1cccc(OC[C@H](F)COc2ccc(CI)cc2C#N)c1)C(=O)O. The molecule has 0 fully saturated rings. The average Bonchev–Trinajstić information content (AvgIpc) is 2.75. The van der Waals surface area contributed by atoms with Crippen LogP contribution in [0, 0.1) is 11.3 Å². The van der Waals surface area contributed by atoms with E-state index in [0.29, 0.717) is 22.6 Å². The number of carboxylic acid groups (broad SMARTS) is 1. The molecule has 0 unspecified atom stereocenters. The third-order valence-electron chi connectivity index (χ3n) is 4.20. The van der Waals surface area contributed by atoms with Gasteiger partial charge in [-0.25, -0.2) is 9.18 Å². The van der Waals surface area contributed by atoms with Crippen molar-refractivity contribution in [2.75, 3.05) is 13.2 Å².